The molecule has 110 valence electrons. The molecule has 0 bridgehead atoms. The number of pyridine rings is 1. The minimum Gasteiger partial charge on any atom is -0.454 e. The van der Waals surface area contributed by atoms with Gasteiger partial charge in [0, 0.05) is 18.8 Å². The van der Waals surface area contributed by atoms with Crippen molar-refractivity contribution in [2.75, 3.05) is 17.6 Å². The van der Waals surface area contributed by atoms with Gasteiger partial charge in [-0.1, -0.05) is 0 Å². The van der Waals surface area contributed by atoms with E-state index in [-0.39, 0.29) is 11.7 Å². The molecular formula is C14H14N2O4S. The molecule has 1 aliphatic heterocycles. The Hall–Kier alpha value is -2.28. The fourth-order valence-corrected chi connectivity index (χ4v) is 3.63. The molecule has 6 nitrogen and oxygen atoms in total. The maximum Gasteiger partial charge on any atom is 0.264 e. The van der Waals surface area contributed by atoms with Crippen LogP contribution in [0.15, 0.2) is 47.6 Å². The van der Waals surface area contributed by atoms with Crippen LogP contribution in [0.3, 0.4) is 0 Å². The first-order valence-corrected chi connectivity index (χ1v) is 7.89. The van der Waals surface area contributed by atoms with Crippen LogP contribution in [0.5, 0.6) is 11.5 Å². The molecule has 1 aromatic carbocycles. The molecule has 1 aromatic heterocycles. The molecule has 0 N–H and O–H groups in total. The third kappa shape index (κ3) is 2.40. The Morgan fingerprint density at radius 2 is 2.05 bits per heavy atom. The van der Waals surface area contributed by atoms with Gasteiger partial charge in [0.25, 0.3) is 10.0 Å². The van der Waals surface area contributed by atoms with Gasteiger partial charge >= 0.3 is 0 Å². The summed E-state index contributed by atoms with van der Waals surface area (Å²) >= 11 is 0. The summed E-state index contributed by atoms with van der Waals surface area (Å²) in [5, 5.41) is 0. The van der Waals surface area contributed by atoms with Crippen LogP contribution in [0, 0.1) is 0 Å². The molecular weight excluding hydrogens is 292 g/mol. The Balaban J connectivity index is 2.03. The first-order valence-electron chi connectivity index (χ1n) is 6.45. The van der Waals surface area contributed by atoms with E-state index in [1.165, 1.54) is 22.6 Å². The third-order valence-corrected chi connectivity index (χ3v) is 5.05. The second-order valence-electron chi connectivity index (χ2n) is 4.40. The van der Waals surface area contributed by atoms with E-state index in [0.717, 1.165) is 0 Å². The van der Waals surface area contributed by atoms with Crippen LogP contribution in [0.25, 0.3) is 0 Å². The fourth-order valence-electron chi connectivity index (χ4n) is 2.16. The lowest BCUT2D eigenvalue weighted by molar-refractivity contribution is 0.174. The number of ether oxygens (including phenoxy) is 2. The number of nitrogens with zero attached hydrogens (tertiary/aromatic N) is 2. The SMILES string of the molecule is CCN(c1cccnc1)S(=O)(=O)c1ccc2c(c1)OCO2. The van der Waals surface area contributed by atoms with E-state index in [4.69, 9.17) is 9.47 Å². The van der Waals surface area contributed by atoms with Crippen molar-refractivity contribution >= 4 is 15.7 Å². The first-order chi connectivity index (χ1) is 10.1. The lowest BCUT2D eigenvalue weighted by atomic mass is 10.3. The average molecular weight is 306 g/mol. The lowest BCUT2D eigenvalue weighted by Gasteiger charge is -2.22. The van der Waals surface area contributed by atoms with Crippen LogP contribution in [0.1, 0.15) is 6.92 Å². The molecule has 0 spiro atoms. The van der Waals surface area contributed by atoms with Crippen LogP contribution >= 0.6 is 0 Å². The molecule has 0 fully saturated rings. The molecule has 0 radical (unpaired) electrons. The number of rotatable bonds is 4. The predicted molar refractivity (Wildman–Crippen MR) is 77.0 cm³/mol. The summed E-state index contributed by atoms with van der Waals surface area (Å²) in [6, 6.07) is 8.01. The smallest absolute Gasteiger partial charge is 0.264 e. The zero-order valence-corrected chi connectivity index (χ0v) is 12.2. The number of hydrogen-bond acceptors (Lipinski definition) is 5. The zero-order valence-electron chi connectivity index (χ0n) is 11.4. The Kier molecular flexibility index (Phi) is 3.42. The van der Waals surface area contributed by atoms with Crippen LogP contribution in [0.2, 0.25) is 0 Å². The standard InChI is InChI=1S/C14H14N2O4S/c1-2-16(11-4-3-7-15-9-11)21(17,18)12-5-6-13-14(8-12)20-10-19-13/h3-9H,2,10H2,1H3. The molecule has 0 saturated heterocycles. The van der Waals surface area contributed by atoms with Crippen molar-refractivity contribution in [2.24, 2.45) is 0 Å². The van der Waals surface area contributed by atoms with Gasteiger partial charge in [-0.3, -0.25) is 9.29 Å². The summed E-state index contributed by atoms with van der Waals surface area (Å²) in [4.78, 5) is 4.13. The highest BCUT2D eigenvalue weighted by Crippen LogP contribution is 2.35. The number of sulfonamides is 1. The van der Waals surface area contributed by atoms with Gasteiger partial charge in [-0.25, -0.2) is 8.42 Å². The van der Waals surface area contributed by atoms with Crippen molar-refractivity contribution in [3.63, 3.8) is 0 Å². The van der Waals surface area contributed by atoms with Crippen LogP contribution < -0.4 is 13.8 Å². The average Bonchev–Trinajstić information content (AvgIpc) is 2.96. The van der Waals surface area contributed by atoms with E-state index < -0.39 is 10.0 Å². The summed E-state index contributed by atoms with van der Waals surface area (Å²) in [5.74, 6) is 0.997. The van der Waals surface area contributed by atoms with E-state index in [1.807, 2.05) is 0 Å². The number of hydrogen-bond donors (Lipinski definition) is 0. The third-order valence-electron chi connectivity index (χ3n) is 3.15. The van der Waals surface area contributed by atoms with Crippen molar-refractivity contribution in [1.29, 1.82) is 0 Å². The largest absolute Gasteiger partial charge is 0.454 e. The molecule has 0 aliphatic carbocycles. The van der Waals surface area contributed by atoms with Gasteiger partial charge in [-0.2, -0.15) is 0 Å². The van der Waals surface area contributed by atoms with E-state index in [0.29, 0.717) is 23.7 Å². The van der Waals surface area contributed by atoms with Crippen molar-refractivity contribution in [2.45, 2.75) is 11.8 Å². The summed E-state index contributed by atoms with van der Waals surface area (Å²) in [5.41, 5.74) is 0.526. The maximum absolute atomic E-state index is 12.8. The van der Waals surface area contributed by atoms with E-state index in [9.17, 15) is 8.42 Å². The van der Waals surface area contributed by atoms with Crippen molar-refractivity contribution < 1.29 is 17.9 Å². The van der Waals surface area contributed by atoms with Crippen LogP contribution in [0.4, 0.5) is 5.69 Å². The molecule has 21 heavy (non-hydrogen) atoms. The molecule has 0 amide bonds. The monoisotopic (exact) mass is 306 g/mol. The summed E-state index contributed by atoms with van der Waals surface area (Å²) in [7, 11) is -3.67. The highest BCUT2D eigenvalue weighted by molar-refractivity contribution is 7.92. The Morgan fingerprint density at radius 3 is 2.76 bits per heavy atom. The van der Waals surface area contributed by atoms with Gasteiger partial charge in [0.2, 0.25) is 6.79 Å². The Bertz CT molecular complexity index is 747. The van der Waals surface area contributed by atoms with Gasteiger partial charge in [0.05, 0.1) is 16.8 Å². The van der Waals surface area contributed by atoms with Gasteiger partial charge < -0.3 is 9.47 Å². The predicted octanol–water partition coefficient (Wildman–Crippen LogP) is 2.03. The minimum atomic E-state index is -3.67. The maximum atomic E-state index is 12.8. The molecule has 0 unspecified atom stereocenters. The van der Waals surface area contributed by atoms with Crippen LogP contribution in [-0.4, -0.2) is 26.7 Å². The molecule has 3 rings (SSSR count). The minimum absolute atomic E-state index is 0.110. The van der Waals surface area contributed by atoms with E-state index in [1.54, 1.807) is 31.3 Å². The zero-order chi connectivity index (χ0) is 14.9. The van der Waals surface area contributed by atoms with E-state index >= 15 is 0 Å². The number of aromatic nitrogens is 1. The molecule has 0 atom stereocenters. The molecule has 2 heterocycles. The van der Waals surface area contributed by atoms with Gasteiger partial charge in [-0.15, -0.1) is 0 Å². The summed E-state index contributed by atoms with van der Waals surface area (Å²) in [6.07, 6.45) is 3.12. The Morgan fingerprint density at radius 1 is 1.24 bits per heavy atom. The number of benzene rings is 1. The van der Waals surface area contributed by atoms with Crippen molar-refractivity contribution in [3.05, 3.63) is 42.7 Å². The second-order valence-corrected chi connectivity index (χ2v) is 6.26. The quantitative estimate of drug-likeness (QED) is 0.864. The number of anilines is 1. The lowest BCUT2D eigenvalue weighted by Crippen LogP contribution is -2.30. The van der Waals surface area contributed by atoms with E-state index in [2.05, 4.69) is 4.98 Å². The normalized spacial score (nSPS) is 13.2. The second kappa shape index (κ2) is 5.25. The fraction of sp³-hybridized carbons (Fsp3) is 0.214. The van der Waals surface area contributed by atoms with Gasteiger partial charge in [0.15, 0.2) is 11.5 Å². The topological polar surface area (TPSA) is 68.7 Å². The summed E-state index contributed by atoms with van der Waals surface area (Å²) < 4.78 is 37.3. The molecule has 7 heteroatoms. The van der Waals surface area contributed by atoms with Gasteiger partial charge in [-0.05, 0) is 31.2 Å². The van der Waals surface area contributed by atoms with Crippen LogP contribution in [-0.2, 0) is 10.0 Å². The van der Waals surface area contributed by atoms with Gasteiger partial charge in [0.1, 0.15) is 0 Å². The van der Waals surface area contributed by atoms with Crippen molar-refractivity contribution in [1.82, 2.24) is 4.98 Å². The van der Waals surface area contributed by atoms with Crippen molar-refractivity contribution in [3.8, 4) is 11.5 Å². The molecule has 0 saturated carbocycles. The molecule has 1 aliphatic rings. The summed E-state index contributed by atoms with van der Waals surface area (Å²) in [6.45, 7) is 2.19. The number of fused-ring (bicyclic) bond motifs is 1. The Labute approximate surface area is 123 Å². The first kappa shape index (κ1) is 13.7. The highest BCUT2D eigenvalue weighted by Gasteiger charge is 2.26. The molecule has 2 aromatic rings. The highest BCUT2D eigenvalue weighted by atomic mass is 32.2.